The van der Waals surface area contributed by atoms with Gasteiger partial charge in [0.05, 0.1) is 10.2 Å². The number of hydrogen-bond acceptors (Lipinski definition) is 2. The van der Waals surface area contributed by atoms with Crippen LogP contribution in [-0.2, 0) is 0 Å². The van der Waals surface area contributed by atoms with Gasteiger partial charge in [-0.25, -0.2) is 4.39 Å². The Kier molecular flexibility index (Phi) is 3.54. The predicted octanol–water partition coefficient (Wildman–Crippen LogP) is 4.49. The van der Waals surface area contributed by atoms with Crippen molar-refractivity contribution in [2.45, 2.75) is 0 Å². The molecule has 2 aromatic carbocycles. The zero-order valence-corrected chi connectivity index (χ0v) is 12.4. The number of benzene rings is 2. The average Bonchev–Trinajstić information content (AvgIpc) is 2.85. The quantitative estimate of drug-likeness (QED) is 0.680. The van der Waals surface area contributed by atoms with Crippen molar-refractivity contribution in [3.8, 4) is 17.1 Å². The van der Waals surface area contributed by atoms with Crippen LogP contribution in [0.15, 0.2) is 53.0 Å². The lowest BCUT2D eigenvalue weighted by atomic mass is 10.2. The second kappa shape index (κ2) is 5.34. The van der Waals surface area contributed by atoms with Crippen molar-refractivity contribution in [1.29, 1.82) is 0 Å². The molecule has 1 aromatic heterocycles. The highest BCUT2D eigenvalue weighted by Crippen LogP contribution is 2.27. The largest absolute Gasteiger partial charge is 0.266 e. The summed E-state index contributed by atoms with van der Waals surface area (Å²) in [4.78, 5) is 0. The Morgan fingerprint density at radius 3 is 2.50 bits per heavy atom. The smallest absolute Gasteiger partial charge is 0.229 e. The van der Waals surface area contributed by atoms with E-state index in [1.54, 1.807) is 16.7 Å². The number of rotatable bonds is 2. The summed E-state index contributed by atoms with van der Waals surface area (Å²) in [6.45, 7) is 0. The topological polar surface area (TPSA) is 30.7 Å². The molecule has 0 saturated heterocycles. The molecule has 0 bridgehead atoms. The van der Waals surface area contributed by atoms with Crippen molar-refractivity contribution >= 4 is 27.5 Å². The van der Waals surface area contributed by atoms with Gasteiger partial charge >= 0.3 is 0 Å². The maximum absolute atomic E-state index is 13.7. The molecule has 3 rings (SSSR count). The molecular formula is C14H8BrClFN3. The minimum Gasteiger partial charge on any atom is -0.266 e. The predicted molar refractivity (Wildman–Crippen MR) is 79.5 cm³/mol. The van der Waals surface area contributed by atoms with E-state index in [1.165, 1.54) is 6.07 Å². The zero-order valence-electron chi connectivity index (χ0n) is 10.1. The van der Waals surface area contributed by atoms with E-state index in [0.717, 1.165) is 5.56 Å². The first-order valence-corrected chi connectivity index (χ1v) is 6.95. The molecule has 0 spiro atoms. The molecule has 0 amide bonds. The highest BCUT2D eigenvalue weighted by atomic mass is 79.9. The van der Waals surface area contributed by atoms with E-state index in [0.29, 0.717) is 16.0 Å². The number of hydrogen-bond donors (Lipinski definition) is 0. The van der Waals surface area contributed by atoms with E-state index < -0.39 is 0 Å². The maximum Gasteiger partial charge on any atom is 0.229 e. The van der Waals surface area contributed by atoms with Gasteiger partial charge < -0.3 is 0 Å². The molecule has 3 aromatic rings. The monoisotopic (exact) mass is 351 g/mol. The normalized spacial score (nSPS) is 10.8. The Bertz CT molecular complexity index is 758. The summed E-state index contributed by atoms with van der Waals surface area (Å²) >= 11 is 9.20. The van der Waals surface area contributed by atoms with Crippen LogP contribution in [0.4, 0.5) is 4.39 Å². The van der Waals surface area contributed by atoms with Crippen molar-refractivity contribution in [2.75, 3.05) is 0 Å². The van der Waals surface area contributed by atoms with Gasteiger partial charge in [-0.2, -0.15) is 0 Å². The van der Waals surface area contributed by atoms with Crippen LogP contribution in [0, 0.1) is 5.82 Å². The van der Waals surface area contributed by atoms with E-state index in [4.69, 9.17) is 11.6 Å². The lowest BCUT2D eigenvalue weighted by Crippen LogP contribution is -1.98. The van der Waals surface area contributed by atoms with Gasteiger partial charge in [0.1, 0.15) is 5.82 Å². The molecule has 0 N–H and O–H groups in total. The minimum absolute atomic E-state index is 0.186. The summed E-state index contributed by atoms with van der Waals surface area (Å²) in [7, 11) is 0. The lowest BCUT2D eigenvalue weighted by molar-refractivity contribution is 0.620. The van der Waals surface area contributed by atoms with Crippen molar-refractivity contribution < 1.29 is 4.39 Å². The van der Waals surface area contributed by atoms with Crippen molar-refractivity contribution in [2.24, 2.45) is 0 Å². The maximum atomic E-state index is 13.7. The molecule has 3 nitrogen and oxygen atoms in total. The van der Waals surface area contributed by atoms with Crippen molar-refractivity contribution in [3.63, 3.8) is 0 Å². The van der Waals surface area contributed by atoms with Crippen LogP contribution in [0.5, 0.6) is 0 Å². The second-order valence-corrected chi connectivity index (χ2v) is 5.28. The molecular weight excluding hydrogens is 345 g/mol. The SMILES string of the molecule is Fc1cc(-n2c(Cl)nnc2-c2ccccc2)ccc1Br. The molecule has 0 aliphatic heterocycles. The van der Waals surface area contributed by atoms with E-state index in [-0.39, 0.29) is 11.1 Å². The number of aromatic nitrogens is 3. The van der Waals surface area contributed by atoms with Crippen LogP contribution in [0.1, 0.15) is 0 Å². The van der Waals surface area contributed by atoms with Crippen LogP contribution in [-0.4, -0.2) is 14.8 Å². The summed E-state index contributed by atoms with van der Waals surface area (Å²) in [5, 5.41) is 8.11. The first kappa shape index (κ1) is 13.3. The molecule has 0 saturated carbocycles. The molecule has 0 aliphatic rings. The average molecular weight is 353 g/mol. The van der Waals surface area contributed by atoms with Gasteiger partial charge in [0.25, 0.3) is 0 Å². The minimum atomic E-state index is -0.369. The Morgan fingerprint density at radius 1 is 1.05 bits per heavy atom. The van der Waals surface area contributed by atoms with E-state index in [1.807, 2.05) is 30.3 Å². The first-order chi connectivity index (χ1) is 9.66. The standard InChI is InChI=1S/C14H8BrClFN3/c15-11-7-6-10(8-12(11)17)20-13(18-19-14(20)16)9-4-2-1-3-5-9/h1-8H. The van der Waals surface area contributed by atoms with E-state index in [9.17, 15) is 4.39 Å². The van der Waals surface area contributed by atoms with Gasteiger partial charge in [-0.05, 0) is 45.7 Å². The summed E-state index contributed by atoms with van der Waals surface area (Å²) in [5.41, 5.74) is 1.43. The molecule has 0 fully saturated rings. The van der Waals surface area contributed by atoms with Gasteiger partial charge in [0.2, 0.25) is 5.28 Å². The second-order valence-electron chi connectivity index (χ2n) is 4.09. The molecule has 6 heteroatoms. The van der Waals surface area contributed by atoms with E-state index >= 15 is 0 Å². The number of nitrogens with zero attached hydrogens (tertiary/aromatic N) is 3. The molecule has 20 heavy (non-hydrogen) atoms. The fourth-order valence-corrected chi connectivity index (χ4v) is 2.35. The number of halogens is 3. The Balaban J connectivity index is 2.19. The van der Waals surface area contributed by atoms with Crippen LogP contribution in [0.3, 0.4) is 0 Å². The first-order valence-electron chi connectivity index (χ1n) is 5.78. The van der Waals surface area contributed by atoms with Gasteiger partial charge in [0.15, 0.2) is 5.82 Å². The zero-order chi connectivity index (χ0) is 14.1. The van der Waals surface area contributed by atoms with Gasteiger partial charge in [-0.1, -0.05) is 30.3 Å². The van der Waals surface area contributed by atoms with Crippen molar-refractivity contribution in [3.05, 3.63) is 64.1 Å². The third-order valence-electron chi connectivity index (χ3n) is 2.82. The van der Waals surface area contributed by atoms with Gasteiger partial charge in [-0.3, -0.25) is 4.57 Å². The van der Waals surface area contributed by atoms with Crippen LogP contribution >= 0.6 is 27.5 Å². The van der Waals surface area contributed by atoms with Crippen LogP contribution in [0.25, 0.3) is 17.1 Å². The highest BCUT2D eigenvalue weighted by Gasteiger charge is 2.14. The van der Waals surface area contributed by atoms with Crippen LogP contribution in [0.2, 0.25) is 5.28 Å². The molecule has 0 unspecified atom stereocenters. The van der Waals surface area contributed by atoms with Gasteiger partial charge in [-0.15, -0.1) is 10.2 Å². The van der Waals surface area contributed by atoms with Crippen LogP contribution < -0.4 is 0 Å². The fraction of sp³-hybridized carbons (Fsp3) is 0. The molecule has 0 aliphatic carbocycles. The molecule has 0 atom stereocenters. The Morgan fingerprint density at radius 2 is 1.80 bits per heavy atom. The summed E-state index contributed by atoms with van der Waals surface area (Å²) in [5.74, 6) is 0.198. The van der Waals surface area contributed by atoms with Crippen molar-refractivity contribution in [1.82, 2.24) is 14.8 Å². The lowest BCUT2D eigenvalue weighted by Gasteiger charge is -2.08. The Hall–Kier alpha value is -1.72. The summed E-state index contributed by atoms with van der Waals surface area (Å²) < 4.78 is 15.7. The fourth-order valence-electron chi connectivity index (χ4n) is 1.89. The van der Waals surface area contributed by atoms with E-state index in [2.05, 4.69) is 26.1 Å². The third kappa shape index (κ3) is 2.34. The molecule has 1 heterocycles. The third-order valence-corrected chi connectivity index (χ3v) is 3.70. The van der Waals surface area contributed by atoms with Gasteiger partial charge in [0, 0.05) is 5.56 Å². The Labute approximate surface area is 128 Å². The highest BCUT2D eigenvalue weighted by molar-refractivity contribution is 9.10. The molecule has 100 valence electrons. The molecule has 0 radical (unpaired) electrons. The summed E-state index contributed by atoms with van der Waals surface area (Å²) in [6.07, 6.45) is 0. The summed E-state index contributed by atoms with van der Waals surface area (Å²) in [6, 6.07) is 14.2.